The Balaban J connectivity index is 1.63. The number of nitrogens with one attached hydrogen (secondary N) is 2. The van der Waals surface area contributed by atoms with Crippen LogP contribution in [0.4, 0.5) is 10.5 Å². The zero-order chi connectivity index (χ0) is 21.3. The van der Waals surface area contributed by atoms with Crippen molar-refractivity contribution in [3.05, 3.63) is 30.0 Å². The first-order valence-corrected chi connectivity index (χ1v) is 11.0. The van der Waals surface area contributed by atoms with Gasteiger partial charge in [-0.25, -0.2) is 4.79 Å². The molecule has 2 fully saturated rings. The van der Waals surface area contributed by atoms with Crippen molar-refractivity contribution in [2.75, 3.05) is 5.32 Å². The molecule has 1 heterocycles. The average molecular weight is 411 g/mol. The molecule has 3 N–H and O–H groups in total. The molecule has 4 rings (SSSR count). The number of phenols is 1. The van der Waals surface area contributed by atoms with Crippen molar-refractivity contribution in [3.63, 3.8) is 0 Å². The zero-order valence-corrected chi connectivity index (χ0v) is 17.6. The summed E-state index contributed by atoms with van der Waals surface area (Å²) in [6.07, 6.45) is 6.81. The summed E-state index contributed by atoms with van der Waals surface area (Å²) in [5, 5.41) is 20.9. The summed E-state index contributed by atoms with van der Waals surface area (Å²) in [4.78, 5) is 25.2. The van der Waals surface area contributed by atoms with Gasteiger partial charge in [-0.1, -0.05) is 20.3 Å². The molecule has 2 saturated carbocycles. The smallest absolute Gasteiger partial charge is 0.342 e. The van der Waals surface area contributed by atoms with Crippen molar-refractivity contribution in [1.29, 1.82) is 0 Å². The number of aromatic nitrogens is 2. The topological polar surface area (TPSA) is 96.2 Å². The number of rotatable bonds is 7. The summed E-state index contributed by atoms with van der Waals surface area (Å²) < 4.78 is 1.46. The van der Waals surface area contributed by atoms with Crippen LogP contribution in [-0.4, -0.2) is 32.9 Å². The molecule has 0 aliphatic heterocycles. The molecular weight excluding hydrogens is 380 g/mol. The van der Waals surface area contributed by atoms with Crippen LogP contribution in [-0.2, 0) is 4.79 Å². The van der Waals surface area contributed by atoms with E-state index in [4.69, 9.17) is 0 Å². The Kier molecular flexibility index (Phi) is 5.79. The Labute approximate surface area is 176 Å². The quantitative estimate of drug-likeness (QED) is 0.580. The minimum absolute atomic E-state index is 0.0267. The van der Waals surface area contributed by atoms with Crippen molar-refractivity contribution in [2.45, 2.75) is 70.8 Å². The Hall–Kier alpha value is -2.83. The summed E-state index contributed by atoms with van der Waals surface area (Å²) >= 11 is 0. The van der Waals surface area contributed by atoms with Crippen LogP contribution >= 0.6 is 0 Å². The third kappa shape index (κ3) is 4.20. The Morgan fingerprint density at radius 1 is 1.17 bits per heavy atom. The van der Waals surface area contributed by atoms with Gasteiger partial charge in [0.15, 0.2) is 0 Å². The van der Waals surface area contributed by atoms with E-state index in [0.717, 1.165) is 50.6 Å². The molecule has 0 atom stereocenters. The van der Waals surface area contributed by atoms with Gasteiger partial charge in [0.1, 0.15) is 5.75 Å². The van der Waals surface area contributed by atoms with E-state index in [-0.39, 0.29) is 29.6 Å². The molecule has 0 radical (unpaired) electrons. The molecule has 2 aromatic rings. The van der Waals surface area contributed by atoms with Gasteiger partial charge in [0.25, 0.3) is 0 Å². The Morgan fingerprint density at radius 2 is 1.90 bits per heavy atom. The maximum absolute atomic E-state index is 12.7. The van der Waals surface area contributed by atoms with E-state index in [1.54, 1.807) is 18.2 Å². The Morgan fingerprint density at radius 3 is 2.50 bits per heavy atom. The first-order valence-electron chi connectivity index (χ1n) is 11.0. The van der Waals surface area contributed by atoms with Crippen LogP contribution in [0.1, 0.15) is 70.4 Å². The molecule has 0 bridgehead atoms. The minimum Gasteiger partial charge on any atom is -0.507 e. The van der Waals surface area contributed by atoms with Gasteiger partial charge >= 0.3 is 6.03 Å². The van der Waals surface area contributed by atoms with Crippen LogP contribution in [0, 0.1) is 5.92 Å². The lowest BCUT2D eigenvalue weighted by molar-refractivity contribution is -0.120. The fourth-order valence-electron chi connectivity index (χ4n) is 3.87. The molecule has 7 nitrogen and oxygen atoms in total. The standard InChI is InChI=1S/C23H30N4O3/c1-3-14(4-2)22(29)24-17-10-11-21(28)18(12-17)19-13-20(15-6-5-7-15)27(26-19)23(30)25-16-8-9-16/h10-16,28H,3-9H2,1-2H3,(H,24,29)(H,25,30). The average Bonchev–Trinajstić information content (AvgIpc) is 3.39. The number of aromatic hydroxyl groups is 1. The highest BCUT2D eigenvalue weighted by Crippen LogP contribution is 2.39. The van der Waals surface area contributed by atoms with Gasteiger partial charge in [-0.05, 0) is 62.8 Å². The van der Waals surface area contributed by atoms with Gasteiger partial charge in [0.2, 0.25) is 5.91 Å². The van der Waals surface area contributed by atoms with E-state index in [2.05, 4.69) is 15.7 Å². The van der Waals surface area contributed by atoms with Crippen molar-refractivity contribution in [3.8, 4) is 17.0 Å². The summed E-state index contributed by atoms with van der Waals surface area (Å²) in [6.45, 7) is 3.99. The number of carbonyl (C=O) groups is 2. The van der Waals surface area contributed by atoms with Crippen molar-refractivity contribution in [2.24, 2.45) is 5.92 Å². The van der Waals surface area contributed by atoms with Crippen LogP contribution in [0.2, 0.25) is 0 Å². The highest BCUT2D eigenvalue weighted by atomic mass is 16.3. The van der Waals surface area contributed by atoms with Gasteiger partial charge in [0.05, 0.1) is 11.4 Å². The third-order valence-corrected chi connectivity index (χ3v) is 6.25. The van der Waals surface area contributed by atoms with Gasteiger partial charge in [-0.2, -0.15) is 9.78 Å². The lowest BCUT2D eigenvalue weighted by atomic mass is 9.82. The maximum Gasteiger partial charge on any atom is 0.342 e. The first-order chi connectivity index (χ1) is 14.5. The monoisotopic (exact) mass is 410 g/mol. The van der Waals surface area contributed by atoms with Crippen molar-refractivity contribution < 1.29 is 14.7 Å². The number of phenolic OH excluding ortho intramolecular Hbond substituents is 1. The lowest BCUT2D eigenvalue weighted by Crippen LogP contribution is -2.33. The summed E-state index contributed by atoms with van der Waals surface area (Å²) in [6, 6.07) is 6.91. The molecule has 7 heteroatoms. The minimum atomic E-state index is -0.205. The number of hydrogen-bond donors (Lipinski definition) is 3. The van der Waals surface area contributed by atoms with Crippen LogP contribution < -0.4 is 10.6 Å². The predicted molar refractivity (Wildman–Crippen MR) is 116 cm³/mol. The fraction of sp³-hybridized carbons (Fsp3) is 0.522. The number of amides is 2. The number of hydrogen-bond acceptors (Lipinski definition) is 4. The molecule has 0 saturated heterocycles. The third-order valence-electron chi connectivity index (χ3n) is 6.25. The molecule has 160 valence electrons. The van der Waals surface area contributed by atoms with Crippen LogP contribution in [0.15, 0.2) is 24.3 Å². The van der Waals surface area contributed by atoms with E-state index in [1.807, 2.05) is 19.9 Å². The van der Waals surface area contributed by atoms with E-state index in [9.17, 15) is 14.7 Å². The number of benzene rings is 1. The van der Waals surface area contributed by atoms with Crippen LogP contribution in [0.3, 0.4) is 0 Å². The van der Waals surface area contributed by atoms with Gasteiger partial charge < -0.3 is 15.7 Å². The maximum atomic E-state index is 12.7. The molecule has 2 amide bonds. The second kappa shape index (κ2) is 8.50. The van der Waals surface area contributed by atoms with E-state index < -0.39 is 0 Å². The van der Waals surface area contributed by atoms with Gasteiger partial charge in [-0.15, -0.1) is 0 Å². The molecule has 30 heavy (non-hydrogen) atoms. The lowest BCUT2D eigenvalue weighted by Gasteiger charge is -2.25. The van der Waals surface area contributed by atoms with Crippen LogP contribution in [0.5, 0.6) is 5.75 Å². The molecule has 2 aliphatic rings. The Bertz CT molecular complexity index is 940. The summed E-state index contributed by atoms with van der Waals surface area (Å²) in [5.41, 5.74) is 2.55. The molecule has 2 aliphatic carbocycles. The molecule has 1 aromatic heterocycles. The second-order valence-electron chi connectivity index (χ2n) is 8.45. The highest BCUT2D eigenvalue weighted by molar-refractivity contribution is 5.93. The highest BCUT2D eigenvalue weighted by Gasteiger charge is 2.30. The van der Waals surface area contributed by atoms with Crippen LogP contribution in [0.25, 0.3) is 11.3 Å². The molecule has 0 unspecified atom stereocenters. The van der Waals surface area contributed by atoms with Crippen molar-refractivity contribution in [1.82, 2.24) is 15.1 Å². The SMILES string of the molecule is CCC(CC)C(=O)Nc1ccc(O)c(-c2cc(C3CCC3)n(C(=O)NC3CC3)n2)c1. The summed E-state index contributed by atoms with van der Waals surface area (Å²) in [5.74, 6) is 0.318. The second-order valence-corrected chi connectivity index (χ2v) is 8.45. The molecule has 0 spiro atoms. The number of nitrogens with zero attached hydrogens (tertiary/aromatic N) is 2. The first kappa shape index (κ1) is 20.4. The molecule has 1 aromatic carbocycles. The largest absolute Gasteiger partial charge is 0.507 e. The summed E-state index contributed by atoms with van der Waals surface area (Å²) in [7, 11) is 0. The number of anilines is 1. The van der Waals surface area contributed by atoms with E-state index in [1.165, 1.54) is 4.68 Å². The predicted octanol–water partition coefficient (Wildman–Crippen LogP) is 4.62. The number of carbonyl (C=O) groups excluding carboxylic acids is 2. The normalized spacial score (nSPS) is 16.4. The molecular formula is C23H30N4O3. The van der Waals surface area contributed by atoms with E-state index >= 15 is 0 Å². The van der Waals surface area contributed by atoms with Gasteiger partial charge in [-0.3, -0.25) is 4.79 Å². The van der Waals surface area contributed by atoms with E-state index in [0.29, 0.717) is 22.9 Å². The van der Waals surface area contributed by atoms with Gasteiger partial charge in [0, 0.05) is 29.1 Å². The zero-order valence-electron chi connectivity index (χ0n) is 17.6. The fourth-order valence-corrected chi connectivity index (χ4v) is 3.87. The van der Waals surface area contributed by atoms with Crippen molar-refractivity contribution >= 4 is 17.6 Å².